The molecular weight excluding hydrogens is 202 g/mol. The Balaban J connectivity index is 1.75. The van der Waals surface area contributed by atoms with Gasteiger partial charge >= 0.3 is 0 Å². The van der Waals surface area contributed by atoms with Crippen molar-refractivity contribution in [3.63, 3.8) is 0 Å². The maximum Gasteiger partial charge on any atom is 0.220 e. The molecule has 2 saturated carbocycles. The second kappa shape index (κ2) is 5.17. The topological polar surface area (TPSA) is 49.3 Å². The average molecular weight is 225 g/mol. The van der Waals surface area contributed by atoms with Crippen molar-refractivity contribution in [1.82, 2.24) is 5.32 Å². The molecule has 0 aromatic carbocycles. The smallest absolute Gasteiger partial charge is 0.220 e. The predicted octanol–water partition coefficient (Wildman–Crippen LogP) is 1.70. The molecule has 1 amide bonds. The summed E-state index contributed by atoms with van der Waals surface area (Å²) in [6.07, 6.45) is 6.82. The molecule has 3 unspecified atom stereocenters. The molecule has 92 valence electrons. The largest absolute Gasteiger partial charge is 0.394 e. The van der Waals surface area contributed by atoms with E-state index in [2.05, 4.69) is 5.32 Å². The van der Waals surface area contributed by atoms with Crippen LogP contribution in [0, 0.1) is 17.8 Å². The number of rotatable bonds is 5. The van der Waals surface area contributed by atoms with Gasteiger partial charge in [0.1, 0.15) is 0 Å². The van der Waals surface area contributed by atoms with Gasteiger partial charge in [0.05, 0.1) is 12.6 Å². The molecule has 0 aliphatic heterocycles. The maximum absolute atomic E-state index is 11.8. The lowest BCUT2D eigenvalue weighted by molar-refractivity contribution is -0.123. The van der Waals surface area contributed by atoms with E-state index in [1.54, 1.807) is 0 Å². The number of carbonyl (C=O) groups is 1. The van der Waals surface area contributed by atoms with E-state index in [4.69, 9.17) is 5.11 Å². The van der Waals surface area contributed by atoms with E-state index in [1.165, 1.54) is 25.7 Å². The molecular formula is C13H23NO2. The van der Waals surface area contributed by atoms with Crippen molar-refractivity contribution < 1.29 is 9.90 Å². The Morgan fingerprint density at radius 3 is 2.75 bits per heavy atom. The van der Waals surface area contributed by atoms with E-state index < -0.39 is 0 Å². The summed E-state index contributed by atoms with van der Waals surface area (Å²) in [7, 11) is 0. The molecule has 0 spiro atoms. The summed E-state index contributed by atoms with van der Waals surface area (Å²) in [6.45, 7) is 2.04. The molecule has 3 heteroatoms. The normalized spacial score (nSPS) is 34.0. The van der Waals surface area contributed by atoms with Gasteiger partial charge in [-0.15, -0.1) is 0 Å². The van der Waals surface area contributed by atoms with Crippen LogP contribution in [-0.4, -0.2) is 23.7 Å². The van der Waals surface area contributed by atoms with Crippen molar-refractivity contribution in [3.05, 3.63) is 0 Å². The van der Waals surface area contributed by atoms with E-state index in [0.717, 1.165) is 18.3 Å². The van der Waals surface area contributed by atoms with Gasteiger partial charge in [0, 0.05) is 6.42 Å². The first-order valence-electron chi connectivity index (χ1n) is 6.63. The summed E-state index contributed by atoms with van der Waals surface area (Å²) < 4.78 is 0. The van der Waals surface area contributed by atoms with Crippen LogP contribution in [0.15, 0.2) is 0 Å². The third kappa shape index (κ3) is 2.57. The molecule has 2 aliphatic rings. The second-order valence-corrected chi connectivity index (χ2v) is 5.49. The maximum atomic E-state index is 11.8. The minimum Gasteiger partial charge on any atom is -0.394 e. The summed E-state index contributed by atoms with van der Waals surface area (Å²) in [6, 6.07) is -0.0499. The van der Waals surface area contributed by atoms with Gasteiger partial charge in [-0.25, -0.2) is 0 Å². The van der Waals surface area contributed by atoms with E-state index in [9.17, 15) is 4.79 Å². The van der Waals surface area contributed by atoms with Gasteiger partial charge in [-0.1, -0.05) is 13.3 Å². The van der Waals surface area contributed by atoms with Gasteiger partial charge in [-0.2, -0.15) is 0 Å². The SMILES string of the molecule is CC[C@H](CO)NC(=O)CC1CC2CCC1C2. The summed E-state index contributed by atoms with van der Waals surface area (Å²) >= 11 is 0. The summed E-state index contributed by atoms with van der Waals surface area (Å²) in [4.78, 5) is 11.8. The van der Waals surface area contributed by atoms with Crippen LogP contribution in [0.25, 0.3) is 0 Å². The van der Waals surface area contributed by atoms with E-state index >= 15 is 0 Å². The number of aliphatic hydroxyl groups is 1. The Labute approximate surface area is 97.6 Å². The average Bonchev–Trinajstić information content (AvgIpc) is 2.87. The van der Waals surface area contributed by atoms with Crippen molar-refractivity contribution in [2.24, 2.45) is 17.8 Å². The fourth-order valence-electron chi connectivity index (χ4n) is 3.43. The van der Waals surface area contributed by atoms with Crippen LogP contribution in [0.3, 0.4) is 0 Å². The van der Waals surface area contributed by atoms with Crippen molar-refractivity contribution in [2.45, 2.75) is 51.5 Å². The van der Waals surface area contributed by atoms with Crippen molar-refractivity contribution in [1.29, 1.82) is 0 Å². The minimum atomic E-state index is -0.0499. The predicted molar refractivity (Wildman–Crippen MR) is 62.9 cm³/mol. The Morgan fingerprint density at radius 2 is 2.25 bits per heavy atom. The first-order valence-corrected chi connectivity index (χ1v) is 6.63. The van der Waals surface area contributed by atoms with Gasteiger partial charge in [0.15, 0.2) is 0 Å². The quantitative estimate of drug-likeness (QED) is 0.748. The van der Waals surface area contributed by atoms with Gasteiger partial charge in [-0.05, 0) is 43.4 Å². The molecule has 0 heterocycles. The van der Waals surface area contributed by atoms with Gasteiger partial charge < -0.3 is 10.4 Å². The Kier molecular flexibility index (Phi) is 3.85. The summed E-state index contributed by atoms with van der Waals surface area (Å²) in [5.74, 6) is 2.47. The molecule has 2 bridgehead atoms. The Morgan fingerprint density at radius 1 is 1.44 bits per heavy atom. The highest BCUT2D eigenvalue weighted by Crippen LogP contribution is 2.49. The van der Waals surface area contributed by atoms with Crippen LogP contribution in [0.1, 0.15) is 45.4 Å². The third-order valence-corrected chi connectivity index (χ3v) is 4.41. The van der Waals surface area contributed by atoms with Gasteiger partial charge in [0.25, 0.3) is 0 Å². The number of hydrogen-bond donors (Lipinski definition) is 2. The Hall–Kier alpha value is -0.570. The van der Waals surface area contributed by atoms with E-state index in [1.807, 2.05) is 6.92 Å². The second-order valence-electron chi connectivity index (χ2n) is 5.49. The van der Waals surface area contributed by atoms with Crippen LogP contribution in [0.5, 0.6) is 0 Å². The van der Waals surface area contributed by atoms with Crippen LogP contribution in [0.4, 0.5) is 0 Å². The standard InChI is InChI=1S/C13H23NO2/c1-2-12(8-15)14-13(16)7-11-6-9-3-4-10(11)5-9/h9-12,15H,2-8H2,1H3,(H,14,16)/t9?,10?,11?,12-/m1/s1. The zero-order valence-electron chi connectivity index (χ0n) is 10.1. The van der Waals surface area contributed by atoms with Crippen molar-refractivity contribution >= 4 is 5.91 Å². The zero-order chi connectivity index (χ0) is 11.5. The van der Waals surface area contributed by atoms with Crippen LogP contribution in [0.2, 0.25) is 0 Å². The van der Waals surface area contributed by atoms with Crippen LogP contribution >= 0.6 is 0 Å². The molecule has 2 rings (SSSR count). The lowest BCUT2D eigenvalue weighted by Gasteiger charge is -2.22. The molecule has 4 atom stereocenters. The number of aliphatic hydroxyl groups excluding tert-OH is 1. The summed E-state index contributed by atoms with van der Waals surface area (Å²) in [5, 5.41) is 11.9. The molecule has 0 saturated heterocycles. The van der Waals surface area contributed by atoms with Crippen molar-refractivity contribution in [2.75, 3.05) is 6.61 Å². The molecule has 3 nitrogen and oxygen atoms in total. The molecule has 2 N–H and O–H groups in total. The number of carbonyl (C=O) groups excluding carboxylic acids is 1. The molecule has 2 aliphatic carbocycles. The third-order valence-electron chi connectivity index (χ3n) is 4.41. The molecule has 2 fully saturated rings. The number of hydrogen-bond acceptors (Lipinski definition) is 2. The monoisotopic (exact) mass is 225 g/mol. The van der Waals surface area contributed by atoms with Gasteiger partial charge in [-0.3, -0.25) is 4.79 Å². The van der Waals surface area contributed by atoms with Crippen LogP contribution < -0.4 is 5.32 Å². The number of fused-ring (bicyclic) bond motifs is 2. The molecule has 16 heavy (non-hydrogen) atoms. The van der Waals surface area contributed by atoms with Gasteiger partial charge in [0.2, 0.25) is 5.91 Å². The van der Waals surface area contributed by atoms with Crippen molar-refractivity contribution in [3.8, 4) is 0 Å². The highest BCUT2D eigenvalue weighted by atomic mass is 16.3. The highest BCUT2D eigenvalue weighted by molar-refractivity contribution is 5.76. The minimum absolute atomic E-state index is 0.0499. The number of nitrogens with one attached hydrogen (secondary N) is 1. The number of amides is 1. The fraction of sp³-hybridized carbons (Fsp3) is 0.923. The lowest BCUT2D eigenvalue weighted by Crippen LogP contribution is -2.38. The molecule has 0 aromatic heterocycles. The Bertz CT molecular complexity index is 250. The summed E-state index contributed by atoms with van der Waals surface area (Å²) in [5.41, 5.74) is 0. The first-order chi connectivity index (χ1) is 7.72. The fourth-order valence-corrected chi connectivity index (χ4v) is 3.43. The van der Waals surface area contributed by atoms with E-state index in [-0.39, 0.29) is 18.6 Å². The van der Waals surface area contributed by atoms with Crippen LogP contribution in [-0.2, 0) is 4.79 Å². The first kappa shape index (κ1) is 11.9. The molecule has 0 aromatic rings. The lowest BCUT2D eigenvalue weighted by atomic mass is 9.86. The molecule has 0 radical (unpaired) electrons. The zero-order valence-corrected chi connectivity index (χ0v) is 10.1. The van der Waals surface area contributed by atoms with E-state index in [0.29, 0.717) is 12.3 Å². The highest BCUT2D eigenvalue weighted by Gasteiger charge is 2.40.